The number of piperazine rings is 1. The molecule has 1 aromatic heterocycles. The number of benzene rings is 1. The molecule has 2 aliphatic rings. The molecule has 9 nitrogen and oxygen atoms in total. The van der Waals surface area contributed by atoms with Crippen LogP contribution in [0.4, 0.5) is 0 Å². The summed E-state index contributed by atoms with van der Waals surface area (Å²) in [6, 6.07) is 9.33. The average molecular weight is 438 g/mol. The molecule has 0 bridgehead atoms. The van der Waals surface area contributed by atoms with Gasteiger partial charge in [0.25, 0.3) is 0 Å². The van der Waals surface area contributed by atoms with Gasteiger partial charge >= 0.3 is 0 Å². The van der Waals surface area contributed by atoms with Crippen molar-refractivity contribution >= 4 is 17.8 Å². The molecule has 1 atom stereocenters. The number of rotatable bonds is 7. The van der Waals surface area contributed by atoms with E-state index in [0.717, 1.165) is 49.1 Å². The molecular formula is C23H27N5O4. The Morgan fingerprint density at radius 2 is 2.09 bits per heavy atom. The molecule has 1 unspecified atom stereocenters. The predicted molar refractivity (Wildman–Crippen MR) is 120 cm³/mol. The first-order valence-corrected chi connectivity index (χ1v) is 10.6. The topological polar surface area (TPSA) is 125 Å². The molecule has 0 aliphatic carbocycles. The zero-order valence-corrected chi connectivity index (χ0v) is 17.7. The van der Waals surface area contributed by atoms with Crippen LogP contribution in [0.2, 0.25) is 0 Å². The minimum atomic E-state index is -0.430. The Labute approximate surface area is 186 Å². The highest BCUT2D eigenvalue weighted by molar-refractivity contribution is 5.81. The zero-order chi connectivity index (χ0) is 22.5. The third-order valence-corrected chi connectivity index (χ3v) is 5.66. The highest BCUT2D eigenvalue weighted by atomic mass is 16.5. The number of allylic oxidation sites excluding steroid dienone is 1. The van der Waals surface area contributed by atoms with Gasteiger partial charge in [0.2, 0.25) is 11.8 Å². The predicted octanol–water partition coefficient (Wildman–Crippen LogP) is 1.26. The van der Waals surface area contributed by atoms with Crippen LogP contribution in [0.1, 0.15) is 11.1 Å². The third-order valence-electron chi connectivity index (χ3n) is 5.66. The van der Waals surface area contributed by atoms with E-state index in [1.807, 2.05) is 18.2 Å². The first-order chi connectivity index (χ1) is 15.6. The van der Waals surface area contributed by atoms with E-state index in [1.54, 1.807) is 23.2 Å². The van der Waals surface area contributed by atoms with Crippen LogP contribution in [-0.2, 0) is 11.2 Å². The van der Waals surface area contributed by atoms with Crippen LogP contribution in [-0.4, -0.2) is 77.4 Å². The number of aliphatic hydroxyl groups excluding tert-OH is 1. The minimum absolute atomic E-state index is 0.0568. The Morgan fingerprint density at radius 1 is 1.28 bits per heavy atom. The Kier molecular flexibility index (Phi) is 6.67. The molecule has 1 saturated heterocycles. The number of nitrogens with one attached hydrogen (secondary N) is 1. The van der Waals surface area contributed by atoms with Gasteiger partial charge in [-0.2, -0.15) is 0 Å². The van der Waals surface area contributed by atoms with Crippen molar-refractivity contribution in [2.75, 3.05) is 39.3 Å². The van der Waals surface area contributed by atoms with Gasteiger partial charge in [0.15, 0.2) is 0 Å². The van der Waals surface area contributed by atoms with Crippen molar-refractivity contribution in [1.82, 2.24) is 14.8 Å². The number of carbonyl (C=O) groups excluding carboxylic acids is 1. The number of aliphatic hydroxyl groups is 1. The van der Waals surface area contributed by atoms with Crippen LogP contribution in [0.5, 0.6) is 17.4 Å². The van der Waals surface area contributed by atoms with Gasteiger partial charge < -0.3 is 30.6 Å². The van der Waals surface area contributed by atoms with Gasteiger partial charge in [-0.1, -0.05) is 6.07 Å². The third kappa shape index (κ3) is 5.06. The van der Waals surface area contributed by atoms with Crippen LogP contribution in [0.3, 0.4) is 0 Å². The number of hydrogen-bond acceptors (Lipinski definition) is 8. The number of ether oxygens (including phenoxy) is 2. The Balaban J connectivity index is 1.32. The Morgan fingerprint density at radius 3 is 2.78 bits per heavy atom. The lowest BCUT2D eigenvalue weighted by Crippen LogP contribution is -2.51. The molecule has 1 fully saturated rings. The van der Waals surface area contributed by atoms with Crippen molar-refractivity contribution in [3.8, 4) is 17.4 Å². The van der Waals surface area contributed by atoms with E-state index in [4.69, 9.17) is 25.7 Å². The molecule has 0 radical (unpaired) electrons. The van der Waals surface area contributed by atoms with Gasteiger partial charge in [-0.15, -0.1) is 0 Å². The maximum absolute atomic E-state index is 11.6. The van der Waals surface area contributed by atoms with Crippen molar-refractivity contribution < 1.29 is 19.4 Å². The van der Waals surface area contributed by atoms with E-state index < -0.39 is 6.61 Å². The highest BCUT2D eigenvalue weighted by Gasteiger charge is 2.28. The second-order valence-electron chi connectivity index (χ2n) is 7.83. The summed E-state index contributed by atoms with van der Waals surface area (Å²) in [5, 5.41) is 16.1. The van der Waals surface area contributed by atoms with Gasteiger partial charge in [0.1, 0.15) is 24.2 Å². The summed E-state index contributed by atoms with van der Waals surface area (Å²) in [5.41, 5.74) is 8.20. The molecule has 9 heteroatoms. The lowest BCUT2D eigenvalue weighted by Gasteiger charge is -2.35. The number of nitrogens with zero attached hydrogens (tertiary/aromatic N) is 3. The van der Waals surface area contributed by atoms with Crippen molar-refractivity contribution in [1.29, 1.82) is 5.41 Å². The number of pyridine rings is 1. The van der Waals surface area contributed by atoms with E-state index in [2.05, 4.69) is 9.88 Å². The monoisotopic (exact) mass is 437 g/mol. The van der Waals surface area contributed by atoms with Crippen LogP contribution in [0, 0.1) is 5.41 Å². The number of hydrogen-bond donors (Lipinski definition) is 3. The zero-order valence-electron chi connectivity index (χ0n) is 17.7. The van der Waals surface area contributed by atoms with E-state index in [0.29, 0.717) is 30.4 Å². The van der Waals surface area contributed by atoms with E-state index >= 15 is 0 Å². The largest absolute Gasteiger partial charge is 0.488 e. The van der Waals surface area contributed by atoms with E-state index in [1.165, 1.54) is 6.08 Å². The second-order valence-corrected chi connectivity index (χ2v) is 7.83. The fraction of sp³-hybridized carbons (Fsp3) is 0.348. The summed E-state index contributed by atoms with van der Waals surface area (Å²) in [7, 11) is 0. The number of nitrogens with two attached hydrogens (primary N) is 1. The molecule has 4 N–H and O–H groups in total. The molecule has 32 heavy (non-hydrogen) atoms. The van der Waals surface area contributed by atoms with Crippen LogP contribution < -0.4 is 15.2 Å². The maximum atomic E-state index is 11.6. The molecule has 168 valence electrons. The summed E-state index contributed by atoms with van der Waals surface area (Å²) in [4.78, 5) is 19.9. The summed E-state index contributed by atoms with van der Waals surface area (Å²) >= 11 is 0. The smallest absolute Gasteiger partial charge is 0.248 e. The fourth-order valence-electron chi connectivity index (χ4n) is 3.93. The molecule has 0 spiro atoms. The van der Waals surface area contributed by atoms with Gasteiger partial charge in [0.05, 0.1) is 0 Å². The van der Waals surface area contributed by atoms with Crippen molar-refractivity contribution in [2.45, 2.75) is 12.5 Å². The Hall–Kier alpha value is -3.43. The molecule has 4 rings (SSSR count). The Bertz CT molecular complexity index is 1000. The van der Waals surface area contributed by atoms with Crippen molar-refractivity contribution in [3.05, 3.63) is 53.7 Å². The maximum Gasteiger partial charge on any atom is 0.248 e. The fourth-order valence-corrected chi connectivity index (χ4v) is 3.93. The molecule has 0 saturated carbocycles. The lowest BCUT2D eigenvalue weighted by atomic mass is 10.1. The van der Waals surface area contributed by atoms with Crippen LogP contribution in [0.25, 0.3) is 5.70 Å². The summed E-state index contributed by atoms with van der Waals surface area (Å²) < 4.78 is 12.0. The average Bonchev–Trinajstić information content (AvgIpc) is 3.21. The molecule has 1 amide bonds. The van der Waals surface area contributed by atoms with Crippen molar-refractivity contribution in [2.24, 2.45) is 5.73 Å². The molecule has 2 aliphatic heterocycles. The van der Waals surface area contributed by atoms with Gasteiger partial charge in [0, 0.05) is 74.9 Å². The standard InChI is InChI=1S/C23H27N5O4/c24-6-5-20(25)17-2-4-22(26-13-17)32-18-3-1-16-11-19(31-21(16)12-18)14-27-7-9-28(10-8-27)23(30)15-29/h1-6,12-13,19,24,29H,7-11,14-15,25H2/b20-5-,24-6?. The van der Waals surface area contributed by atoms with E-state index in [9.17, 15) is 4.79 Å². The number of carbonyl (C=O) groups is 1. The van der Waals surface area contributed by atoms with Crippen LogP contribution >= 0.6 is 0 Å². The number of fused-ring (bicyclic) bond motifs is 1. The van der Waals surface area contributed by atoms with Crippen molar-refractivity contribution in [3.63, 3.8) is 0 Å². The quantitative estimate of drug-likeness (QED) is 0.557. The first kappa shape index (κ1) is 21.8. The summed E-state index contributed by atoms with van der Waals surface area (Å²) in [5.74, 6) is 1.69. The van der Waals surface area contributed by atoms with Gasteiger partial charge in [-0.25, -0.2) is 4.98 Å². The van der Waals surface area contributed by atoms with Crippen LogP contribution in [0.15, 0.2) is 42.6 Å². The highest BCUT2D eigenvalue weighted by Crippen LogP contribution is 2.34. The first-order valence-electron chi connectivity index (χ1n) is 10.6. The molecule has 3 heterocycles. The molecule has 1 aromatic carbocycles. The second kappa shape index (κ2) is 9.80. The van der Waals surface area contributed by atoms with Gasteiger partial charge in [-0.05, 0) is 23.8 Å². The SMILES string of the molecule is N=C/C=C(\N)c1ccc(Oc2ccc3c(c2)OC(CN2CCN(C(=O)CO)CC2)C3)nc1. The minimum Gasteiger partial charge on any atom is -0.488 e. The summed E-state index contributed by atoms with van der Waals surface area (Å²) in [6.07, 6.45) is 5.13. The molecular weight excluding hydrogens is 410 g/mol. The lowest BCUT2D eigenvalue weighted by molar-refractivity contribution is -0.136. The normalized spacial score (nSPS) is 18.7. The van der Waals surface area contributed by atoms with Gasteiger partial charge in [-0.3, -0.25) is 9.69 Å². The summed E-state index contributed by atoms with van der Waals surface area (Å²) in [6.45, 7) is 3.17. The van der Waals surface area contributed by atoms with E-state index in [-0.39, 0.29) is 12.0 Å². The number of aromatic nitrogens is 1. The number of amides is 1. The molecule has 2 aromatic rings.